The van der Waals surface area contributed by atoms with Gasteiger partial charge in [0.1, 0.15) is 11.6 Å². The molecule has 1 saturated heterocycles. The lowest BCUT2D eigenvalue weighted by molar-refractivity contribution is -0.150. The minimum atomic E-state index is -0.733. The maximum absolute atomic E-state index is 13.8. The van der Waals surface area contributed by atoms with Crippen LogP contribution in [0, 0.1) is 17.6 Å². The molecule has 0 spiro atoms. The third-order valence-electron chi connectivity index (χ3n) is 5.77. The predicted molar refractivity (Wildman–Crippen MR) is 113 cm³/mol. The van der Waals surface area contributed by atoms with Gasteiger partial charge < -0.3 is 9.64 Å². The Morgan fingerprint density at radius 1 is 0.967 bits per heavy atom. The highest BCUT2D eigenvalue weighted by Crippen LogP contribution is 2.22. The Kier molecular flexibility index (Phi) is 10.8. The second-order valence-corrected chi connectivity index (χ2v) is 8.19. The number of esters is 1. The smallest absolute Gasteiger partial charge is 0.309 e. The minimum Gasteiger partial charge on any atom is -0.465 e. The topological polar surface area (TPSA) is 46.6 Å². The summed E-state index contributed by atoms with van der Waals surface area (Å²) in [6, 6.07) is 2.87. The molecule has 1 fully saturated rings. The molecule has 0 radical (unpaired) electrons. The Bertz CT molecular complexity index is 672. The van der Waals surface area contributed by atoms with Crippen LogP contribution in [0.3, 0.4) is 0 Å². The summed E-state index contributed by atoms with van der Waals surface area (Å²) in [5, 5.41) is 0. The molecule has 0 N–H and O–H groups in total. The van der Waals surface area contributed by atoms with Crippen LogP contribution in [-0.2, 0) is 9.53 Å². The van der Waals surface area contributed by atoms with Gasteiger partial charge in [-0.3, -0.25) is 9.59 Å². The molecule has 0 unspecified atom stereocenters. The van der Waals surface area contributed by atoms with Gasteiger partial charge in [0.25, 0.3) is 5.91 Å². The number of carbonyl (C=O) groups excluding carboxylic acids is 2. The number of hydrogen-bond acceptors (Lipinski definition) is 3. The van der Waals surface area contributed by atoms with E-state index in [1.165, 1.54) is 49.8 Å². The molecule has 0 saturated carbocycles. The van der Waals surface area contributed by atoms with Gasteiger partial charge in [-0.25, -0.2) is 8.78 Å². The maximum atomic E-state index is 13.8. The fourth-order valence-corrected chi connectivity index (χ4v) is 3.85. The zero-order chi connectivity index (χ0) is 21.8. The van der Waals surface area contributed by atoms with E-state index in [-0.39, 0.29) is 17.5 Å². The number of carbonyl (C=O) groups is 2. The number of piperidine rings is 1. The Morgan fingerprint density at radius 2 is 1.57 bits per heavy atom. The summed E-state index contributed by atoms with van der Waals surface area (Å²) in [6.07, 6.45) is 11.9. The van der Waals surface area contributed by atoms with Gasteiger partial charge in [-0.2, -0.15) is 0 Å². The van der Waals surface area contributed by atoms with Crippen molar-refractivity contribution in [3.8, 4) is 0 Å². The van der Waals surface area contributed by atoms with Crippen molar-refractivity contribution in [3.05, 3.63) is 35.4 Å². The van der Waals surface area contributed by atoms with E-state index in [9.17, 15) is 18.4 Å². The van der Waals surface area contributed by atoms with Gasteiger partial charge in [0.15, 0.2) is 0 Å². The highest BCUT2D eigenvalue weighted by atomic mass is 19.1. The number of rotatable bonds is 12. The molecule has 1 amide bonds. The van der Waals surface area contributed by atoms with Crippen LogP contribution in [0.15, 0.2) is 18.2 Å². The predicted octanol–water partition coefficient (Wildman–Crippen LogP) is 5.89. The summed E-state index contributed by atoms with van der Waals surface area (Å²) < 4.78 is 32.5. The molecular weight excluding hydrogens is 388 g/mol. The molecule has 6 heteroatoms. The third kappa shape index (κ3) is 8.04. The summed E-state index contributed by atoms with van der Waals surface area (Å²) >= 11 is 0. The first-order valence-corrected chi connectivity index (χ1v) is 11.4. The third-order valence-corrected chi connectivity index (χ3v) is 5.77. The molecule has 1 aliphatic heterocycles. The first kappa shape index (κ1) is 24.3. The largest absolute Gasteiger partial charge is 0.465 e. The van der Waals surface area contributed by atoms with Gasteiger partial charge in [-0.1, -0.05) is 58.3 Å². The van der Waals surface area contributed by atoms with E-state index in [1.54, 1.807) is 0 Å². The van der Waals surface area contributed by atoms with Gasteiger partial charge in [0.05, 0.1) is 18.1 Å². The zero-order valence-electron chi connectivity index (χ0n) is 18.1. The van der Waals surface area contributed by atoms with E-state index >= 15 is 0 Å². The summed E-state index contributed by atoms with van der Waals surface area (Å²) in [5.41, 5.74) is -0.263. The number of unbranched alkanes of at least 4 members (excludes halogenated alkanes) is 8. The Morgan fingerprint density at radius 3 is 2.20 bits per heavy atom. The van der Waals surface area contributed by atoms with Crippen molar-refractivity contribution in [2.45, 2.75) is 77.6 Å². The average molecular weight is 424 g/mol. The standard InChI is InChI=1S/C24H35F2NO3/c1-2-3-4-5-6-7-8-9-10-17-30-24(29)19-13-15-27(16-14-19)23(28)21-18-20(25)11-12-22(21)26/h11-12,18-19H,2-10,13-17H2,1H3. The van der Waals surface area contributed by atoms with E-state index in [4.69, 9.17) is 4.74 Å². The number of nitrogens with zero attached hydrogens (tertiary/aromatic N) is 1. The second-order valence-electron chi connectivity index (χ2n) is 8.19. The lowest BCUT2D eigenvalue weighted by Gasteiger charge is -2.31. The van der Waals surface area contributed by atoms with Crippen molar-refractivity contribution in [2.24, 2.45) is 5.92 Å². The number of benzene rings is 1. The first-order valence-electron chi connectivity index (χ1n) is 11.4. The molecule has 168 valence electrons. The van der Waals surface area contributed by atoms with Crippen LogP contribution >= 0.6 is 0 Å². The molecule has 4 nitrogen and oxygen atoms in total. The molecule has 2 rings (SSSR count). The van der Waals surface area contributed by atoms with Gasteiger partial charge in [-0.05, 0) is 37.5 Å². The van der Waals surface area contributed by atoms with Crippen molar-refractivity contribution in [2.75, 3.05) is 19.7 Å². The van der Waals surface area contributed by atoms with Gasteiger partial charge in [0, 0.05) is 13.1 Å². The van der Waals surface area contributed by atoms with Crippen molar-refractivity contribution >= 4 is 11.9 Å². The first-order chi connectivity index (χ1) is 14.5. The SMILES string of the molecule is CCCCCCCCCCCOC(=O)C1CCN(C(=O)c2cc(F)ccc2F)CC1. The van der Waals surface area contributed by atoms with Crippen LogP contribution in [0.4, 0.5) is 8.78 Å². The molecular formula is C24H35F2NO3. The quantitative estimate of drug-likeness (QED) is 0.311. The van der Waals surface area contributed by atoms with E-state index in [0.717, 1.165) is 31.0 Å². The van der Waals surface area contributed by atoms with E-state index < -0.39 is 17.5 Å². The second kappa shape index (κ2) is 13.3. The normalized spacial score (nSPS) is 14.7. The maximum Gasteiger partial charge on any atom is 0.309 e. The summed E-state index contributed by atoms with van der Waals surface area (Å²) in [5.74, 6) is -2.35. The molecule has 0 aliphatic carbocycles. The molecule has 0 aromatic heterocycles. The minimum absolute atomic E-state index is 0.210. The lowest BCUT2D eigenvalue weighted by atomic mass is 9.96. The number of ether oxygens (including phenoxy) is 1. The van der Waals surface area contributed by atoms with Gasteiger partial charge in [0.2, 0.25) is 0 Å². The van der Waals surface area contributed by atoms with E-state index in [2.05, 4.69) is 6.92 Å². The average Bonchev–Trinajstić information content (AvgIpc) is 2.76. The molecule has 1 aromatic carbocycles. The monoisotopic (exact) mass is 423 g/mol. The van der Waals surface area contributed by atoms with Crippen LogP contribution in [0.5, 0.6) is 0 Å². The Balaban J connectivity index is 1.59. The fraction of sp³-hybridized carbons (Fsp3) is 0.667. The Labute approximate surface area is 179 Å². The van der Waals surface area contributed by atoms with Gasteiger partial charge in [-0.15, -0.1) is 0 Å². The molecule has 30 heavy (non-hydrogen) atoms. The number of halogens is 2. The van der Waals surface area contributed by atoms with Crippen molar-refractivity contribution in [1.29, 1.82) is 0 Å². The summed E-state index contributed by atoms with van der Waals surface area (Å²) in [7, 11) is 0. The van der Waals surface area contributed by atoms with Crippen molar-refractivity contribution in [1.82, 2.24) is 4.90 Å². The molecule has 1 aromatic rings. The molecule has 0 bridgehead atoms. The van der Waals surface area contributed by atoms with Crippen LogP contribution in [0.25, 0.3) is 0 Å². The number of likely N-dealkylation sites (tertiary alicyclic amines) is 1. The van der Waals surface area contributed by atoms with E-state index in [0.29, 0.717) is 32.5 Å². The number of amides is 1. The van der Waals surface area contributed by atoms with Crippen molar-refractivity contribution < 1.29 is 23.1 Å². The number of hydrogen-bond donors (Lipinski definition) is 0. The van der Waals surface area contributed by atoms with Crippen LogP contribution in [0.1, 0.15) is 87.9 Å². The Hall–Kier alpha value is -1.98. The van der Waals surface area contributed by atoms with Gasteiger partial charge >= 0.3 is 5.97 Å². The van der Waals surface area contributed by atoms with E-state index in [1.807, 2.05) is 0 Å². The molecule has 0 atom stereocenters. The highest BCUT2D eigenvalue weighted by molar-refractivity contribution is 5.94. The summed E-state index contributed by atoms with van der Waals surface area (Å²) in [4.78, 5) is 26.1. The molecule has 1 heterocycles. The van der Waals surface area contributed by atoms with Crippen LogP contribution < -0.4 is 0 Å². The lowest BCUT2D eigenvalue weighted by Crippen LogP contribution is -2.41. The van der Waals surface area contributed by atoms with Crippen molar-refractivity contribution in [3.63, 3.8) is 0 Å². The fourth-order valence-electron chi connectivity index (χ4n) is 3.85. The molecule has 1 aliphatic rings. The highest BCUT2D eigenvalue weighted by Gasteiger charge is 2.29. The zero-order valence-corrected chi connectivity index (χ0v) is 18.1. The summed E-state index contributed by atoms with van der Waals surface area (Å²) in [6.45, 7) is 3.35. The van der Waals surface area contributed by atoms with Crippen LogP contribution in [0.2, 0.25) is 0 Å². The van der Waals surface area contributed by atoms with Crippen LogP contribution in [-0.4, -0.2) is 36.5 Å².